The molecule has 1 saturated heterocycles. The maximum Gasteiger partial charge on any atom is 0.196 e. The number of aryl methyl sites for hydroxylation is 1. The van der Waals surface area contributed by atoms with E-state index in [2.05, 4.69) is 27.3 Å². The highest BCUT2D eigenvalue weighted by molar-refractivity contribution is 5.59. The van der Waals surface area contributed by atoms with Crippen LogP contribution in [-0.2, 0) is 12.8 Å². The van der Waals surface area contributed by atoms with Gasteiger partial charge in [0.05, 0.1) is 11.9 Å². The number of hydrogen-bond donors (Lipinski definition) is 2. The van der Waals surface area contributed by atoms with Gasteiger partial charge in [0.2, 0.25) is 0 Å². The maximum atomic E-state index is 6.06. The molecule has 0 radical (unpaired) electrons. The van der Waals surface area contributed by atoms with Crippen LogP contribution in [0, 0.1) is 5.92 Å². The van der Waals surface area contributed by atoms with Gasteiger partial charge >= 0.3 is 0 Å². The highest BCUT2D eigenvalue weighted by atomic mass is 15.3. The number of nitrogens with one attached hydrogen (secondary N) is 1. The van der Waals surface area contributed by atoms with E-state index in [0.717, 1.165) is 43.9 Å². The molecule has 1 fully saturated rings. The Morgan fingerprint density at radius 1 is 1.32 bits per heavy atom. The second-order valence-electron chi connectivity index (χ2n) is 6.25. The summed E-state index contributed by atoms with van der Waals surface area (Å²) >= 11 is 0. The molecule has 0 aromatic carbocycles. The van der Waals surface area contributed by atoms with Crippen LogP contribution in [0.1, 0.15) is 50.5 Å². The van der Waals surface area contributed by atoms with Crippen molar-refractivity contribution in [3.8, 4) is 0 Å². The summed E-state index contributed by atoms with van der Waals surface area (Å²) in [5.41, 5.74) is 7.92. The lowest BCUT2D eigenvalue weighted by molar-refractivity contribution is 0.368. The van der Waals surface area contributed by atoms with Gasteiger partial charge in [-0.15, -0.1) is 0 Å². The van der Waals surface area contributed by atoms with Gasteiger partial charge in [-0.3, -0.25) is 0 Å². The number of unbranched alkanes of at least 4 members (excludes halogenated alkanes) is 2. The van der Waals surface area contributed by atoms with Crippen molar-refractivity contribution in [2.75, 3.05) is 18.8 Å². The number of anilines is 1. The van der Waals surface area contributed by atoms with Crippen LogP contribution < -0.4 is 11.1 Å². The quantitative estimate of drug-likeness (QED) is 0.797. The Bertz CT molecular complexity index is 614. The van der Waals surface area contributed by atoms with Crippen LogP contribution >= 0.6 is 0 Å². The van der Waals surface area contributed by atoms with E-state index in [1.165, 1.54) is 25.7 Å². The number of piperidine rings is 1. The average molecular weight is 302 g/mol. The van der Waals surface area contributed by atoms with E-state index >= 15 is 0 Å². The molecule has 1 aliphatic heterocycles. The summed E-state index contributed by atoms with van der Waals surface area (Å²) in [7, 11) is 0. The molecule has 0 aliphatic carbocycles. The Morgan fingerprint density at radius 2 is 2.14 bits per heavy atom. The molecule has 2 aromatic heterocycles. The van der Waals surface area contributed by atoms with Crippen LogP contribution in [-0.4, -0.2) is 32.7 Å². The Kier molecular flexibility index (Phi) is 4.87. The zero-order chi connectivity index (χ0) is 15.4. The van der Waals surface area contributed by atoms with Crippen LogP contribution in [0.3, 0.4) is 0 Å². The Balaban J connectivity index is 1.80. The minimum absolute atomic E-state index is 0.498. The zero-order valence-electron chi connectivity index (χ0n) is 13.4. The normalized spacial score (nSPS) is 16.4. The van der Waals surface area contributed by atoms with Gasteiger partial charge in [0.25, 0.3) is 0 Å². The zero-order valence-corrected chi connectivity index (χ0v) is 13.4. The minimum Gasteiger partial charge on any atom is -0.380 e. The molecule has 3 rings (SSSR count). The molecule has 0 unspecified atom stereocenters. The summed E-state index contributed by atoms with van der Waals surface area (Å²) in [6.07, 6.45) is 9.77. The predicted octanol–water partition coefficient (Wildman–Crippen LogP) is 1.98. The number of aromatic nitrogens is 4. The molecule has 0 saturated carbocycles. The maximum absolute atomic E-state index is 6.06. The van der Waals surface area contributed by atoms with Crippen LogP contribution in [0.4, 0.5) is 5.82 Å². The molecule has 3 N–H and O–H groups in total. The first-order chi connectivity index (χ1) is 10.8. The molecule has 0 amide bonds. The third-order valence-corrected chi connectivity index (χ3v) is 4.46. The number of imidazole rings is 1. The van der Waals surface area contributed by atoms with Crippen molar-refractivity contribution in [2.45, 2.75) is 51.9 Å². The van der Waals surface area contributed by atoms with Crippen molar-refractivity contribution in [3.05, 3.63) is 17.7 Å². The second kappa shape index (κ2) is 7.05. The lowest BCUT2D eigenvalue weighted by atomic mass is 9.93. The number of nitrogens with zero attached hydrogens (tertiary/aromatic N) is 4. The summed E-state index contributed by atoms with van der Waals surface area (Å²) in [6.45, 7) is 4.42. The van der Waals surface area contributed by atoms with E-state index in [-0.39, 0.29) is 0 Å². The van der Waals surface area contributed by atoms with Gasteiger partial charge in [-0.25, -0.2) is 14.5 Å². The molecule has 0 bridgehead atoms. The van der Waals surface area contributed by atoms with Crippen molar-refractivity contribution in [1.29, 1.82) is 0 Å². The number of nitrogens with two attached hydrogens (primary N) is 1. The van der Waals surface area contributed by atoms with Gasteiger partial charge in [-0.1, -0.05) is 19.8 Å². The van der Waals surface area contributed by atoms with Crippen LogP contribution in [0.15, 0.2) is 6.20 Å². The standard InChI is InChI=1S/C16H26N6/c1-2-3-4-5-14-20-15(17)16-19-11-13(22(16)21-14)10-12-6-8-18-9-7-12/h11-12,18H,2-10H2,1H3,(H2,17,20,21). The van der Waals surface area contributed by atoms with Gasteiger partial charge in [-0.05, 0) is 44.7 Å². The molecule has 1 aliphatic rings. The minimum atomic E-state index is 0.498. The predicted molar refractivity (Wildman–Crippen MR) is 87.7 cm³/mol. The van der Waals surface area contributed by atoms with Crippen molar-refractivity contribution in [3.63, 3.8) is 0 Å². The summed E-state index contributed by atoms with van der Waals surface area (Å²) in [6, 6.07) is 0. The van der Waals surface area contributed by atoms with Gasteiger partial charge < -0.3 is 11.1 Å². The summed E-state index contributed by atoms with van der Waals surface area (Å²) < 4.78 is 1.92. The third-order valence-electron chi connectivity index (χ3n) is 4.46. The van der Waals surface area contributed by atoms with E-state index < -0.39 is 0 Å². The largest absolute Gasteiger partial charge is 0.380 e. The van der Waals surface area contributed by atoms with E-state index in [9.17, 15) is 0 Å². The van der Waals surface area contributed by atoms with E-state index in [0.29, 0.717) is 17.4 Å². The lowest BCUT2D eigenvalue weighted by Gasteiger charge is -2.22. The number of fused-ring (bicyclic) bond motifs is 1. The lowest BCUT2D eigenvalue weighted by Crippen LogP contribution is -2.29. The van der Waals surface area contributed by atoms with E-state index in [4.69, 9.17) is 5.73 Å². The molecular weight excluding hydrogens is 276 g/mol. The first-order valence-corrected chi connectivity index (χ1v) is 8.47. The van der Waals surface area contributed by atoms with E-state index in [1.54, 1.807) is 0 Å². The Hall–Kier alpha value is -1.69. The second-order valence-corrected chi connectivity index (χ2v) is 6.25. The monoisotopic (exact) mass is 302 g/mol. The molecule has 2 aromatic rings. The summed E-state index contributed by atoms with van der Waals surface area (Å²) in [4.78, 5) is 8.83. The van der Waals surface area contributed by atoms with Crippen molar-refractivity contribution >= 4 is 11.5 Å². The molecule has 0 atom stereocenters. The van der Waals surface area contributed by atoms with Crippen molar-refractivity contribution in [2.24, 2.45) is 5.92 Å². The topological polar surface area (TPSA) is 81.1 Å². The van der Waals surface area contributed by atoms with E-state index in [1.807, 2.05) is 10.7 Å². The van der Waals surface area contributed by atoms with Crippen LogP contribution in [0.2, 0.25) is 0 Å². The fourth-order valence-corrected chi connectivity index (χ4v) is 3.15. The smallest absolute Gasteiger partial charge is 0.196 e. The van der Waals surface area contributed by atoms with Gasteiger partial charge in [0, 0.05) is 6.42 Å². The summed E-state index contributed by atoms with van der Waals surface area (Å²) in [5, 5.41) is 8.09. The molecule has 0 spiro atoms. The molecule has 120 valence electrons. The number of nitrogen functional groups attached to an aromatic ring is 1. The number of hydrogen-bond acceptors (Lipinski definition) is 5. The van der Waals surface area contributed by atoms with Crippen LogP contribution in [0.5, 0.6) is 0 Å². The molecule has 6 nitrogen and oxygen atoms in total. The first-order valence-electron chi connectivity index (χ1n) is 8.47. The van der Waals surface area contributed by atoms with Crippen LogP contribution in [0.25, 0.3) is 5.65 Å². The Morgan fingerprint density at radius 3 is 2.91 bits per heavy atom. The fraction of sp³-hybridized carbons (Fsp3) is 0.688. The first kappa shape index (κ1) is 15.2. The average Bonchev–Trinajstić information content (AvgIpc) is 2.92. The van der Waals surface area contributed by atoms with Gasteiger partial charge in [0.15, 0.2) is 17.3 Å². The Labute approximate surface area is 131 Å². The van der Waals surface area contributed by atoms with Gasteiger partial charge in [-0.2, -0.15) is 5.10 Å². The fourth-order valence-electron chi connectivity index (χ4n) is 3.15. The highest BCUT2D eigenvalue weighted by Gasteiger charge is 2.17. The highest BCUT2D eigenvalue weighted by Crippen LogP contribution is 2.20. The van der Waals surface area contributed by atoms with Gasteiger partial charge in [0.1, 0.15) is 0 Å². The van der Waals surface area contributed by atoms with Crippen molar-refractivity contribution in [1.82, 2.24) is 24.9 Å². The molecular formula is C16H26N6. The SMILES string of the molecule is CCCCCc1nc(N)c2ncc(CC3CCNCC3)n2n1. The van der Waals surface area contributed by atoms with Crippen molar-refractivity contribution < 1.29 is 0 Å². The third kappa shape index (κ3) is 3.38. The molecule has 3 heterocycles. The summed E-state index contributed by atoms with van der Waals surface area (Å²) in [5.74, 6) is 2.04. The molecule has 6 heteroatoms. The number of rotatable bonds is 6. The molecule has 22 heavy (non-hydrogen) atoms.